The van der Waals surface area contributed by atoms with Crippen molar-refractivity contribution >= 4 is 68.9 Å². The van der Waals surface area contributed by atoms with Gasteiger partial charge in [0.25, 0.3) is 0 Å². The van der Waals surface area contributed by atoms with E-state index in [-0.39, 0.29) is 17.0 Å². The van der Waals surface area contributed by atoms with Gasteiger partial charge in [-0.2, -0.15) is 15.2 Å². The van der Waals surface area contributed by atoms with Crippen LogP contribution in [0.3, 0.4) is 0 Å². The number of nitrogens with one attached hydrogen (secondary N) is 1. The SMILES string of the molecule is CC1=NN(c2cccc(C(=O)O)c2)C(=O)/C1=N\Nc1cccc(CCc2c(Cl)cccc2CI)c1O. The Morgan fingerprint density at radius 2 is 1.83 bits per heavy atom. The molecule has 3 aromatic carbocycles. The van der Waals surface area contributed by atoms with Gasteiger partial charge in [0.15, 0.2) is 5.71 Å². The number of anilines is 2. The average molecular weight is 617 g/mol. The average Bonchev–Trinajstić information content (AvgIpc) is 3.16. The number of aryl methyl sites for hydroxylation is 1. The maximum Gasteiger partial charge on any atom is 0.335 e. The quantitative estimate of drug-likeness (QED) is 0.131. The zero-order chi connectivity index (χ0) is 25.8. The minimum Gasteiger partial charge on any atom is -0.505 e. The number of aromatic hydroxyl groups is 1. The number of phenolic OH excluding ortho intramolecular Hbond substituents is 1. The normalized spacial score (nSPS) is 14.3. The number of carboxylic acid groups (broad SMARTS) is 1. The fraction of sp³-hybridized carbons (Fsp3) is 0.154. The second-order valence-corrected chi connectivity index (χ2v) is 9.22. The van der Waals surface area contributed by atoms with Crippen LogP contribution in [0.15, 0.2) is 70.9 Å². The van der Waals surface area contributed by atoms with Gasteiger partial charge < -0.3 is 10.2 Å². The Bertz CT molecular complexity index is 1410. The standard InChI is InChI=1S/C26H22ClIN4O4/c1-15-23(25(34)32(31-15)19-8-2-6-17(13-19)26(35)36)30-29-22-10-4-5-16(24(22)33)11-12-20-18(14-28)7-3-9-21(20)27/h2-10,13,29,33H,11-12,14H2,1H3,(H,35,36)/b30-23-. The minimum atomic E-state index is -1.10. The number of rotatable bonds is 8. The van der Waals surface area contributed by atoms with E-state index in [4.69, 9.17) is 11.6 Å². The van der Waals surface area contributed by atoms with Crippen molar-refractivity contribution in [3.05, 3.63) is 87.9 Å². The van der Waals surface area contributed by atoms with Gasteiger partial charge in [0.2, 0.25) is 0 Å². The van der Waals surface area contributed by atoms with Crippen LogP contribution in [0.1, 0.15) is 34.0 Å². The summed E-state index contributed by atoms with van der Waals surface area (Å²) in [5, 5.41) is 30.3. The summed E-state index contributed by atoms with van der Waals surface area (Å²) in [5.74, 6) is -1.57. The zero-order valence-electron chi connectivity index (χ0n) is 19.2. The molecule has 36 heavy (non-hydrogen) atoms. The molecule has 1 heterocycles. The second-order valence-electron chi connectivity index (χ2n) is 8.05. The molecular formula is C26H22ClIN4O4. The van der Waals surface area contributed by atoms with Crippen LogP contribution in [0.5, 0.6) is 5.75 Å². The Morgan fingerprint density at radius 1 is 1.11 bits per heavy atom. The first kappa shape index (κ1) is 25.6. The molecule has 0 atom stereocenters. The Balaban J connectivity index is 1.51. The molecule has 0 saturated heterocycles. The Kier molecular flexibility index (Phi) is 7.90. The number of nitrogens with zero attached hydrogens (tertiary/aromatic N) is 3. The van der Waals surface area contributed by atoms with Gasteiger partial charge in [-0.15, -0.1) is 0 Å². The number of carbonyl (C=O) groups excluding carboxylic acids is 1. The molecule has 0 fully saturated rings. The number of carboxylic acids is 1. The molecule has 0 radical (unpaired) electrons. The van der Waals surface area contributed by atoms with Crippen molar-refractivity contribution < 1.29 is 19.8 Å². The number of alkyl halides is 1. The topological polar surface area (TPSA) is 115 Å². The summed E-state index contributed by atoms with van der Waals surface area (Å²) in [6.07, 6.45) is 1.23. The number of para-hydroxylation sites is 1. The van der Waals surface area contributed by atoms with E-state index >= 15 is 0 Å². The third-order valence-electron chi connectivity index (χ3n) is 5.74. The summed E-state index contributed by atoms with van der Waals surface area (Å²) >= 11 is 8.71. The fourth-order valence-corrected chi connectivity index (χ4v) is 4.84. The maximum absolute atomic E-state index is 12.9. The molecular weight excluding hydrogens is 595 g/mol. The monoisotopic (exact) mass is 616 g/mol. The van der Waals surface area contributed by atoms with E-state index in [1.807, 2.05) is 24.3 Å². The van der Waals surface area contributed by atoms with Crippen molar-refractivity contribution in [1.29, 1.82) is 0 Å². The summed E-state index contributed by atoms with van der Waals surface area (Å²) in [4.78, 5) is 24.2. The van der Waals surface area contributed by atoms with E-state index in [2.05, 4.69) is 38.2 Å². The van der Waals surface area contributed by atoms with Crippen molar-refractivity contribution in [2.24, 2.45) is 10.2 Å². The van der Waals surface area contributed by atoms with Crippen LogP contribution in [0.2, 0.25) is 5.02 Å². The number of benzene rings is 3. The molecule has 0 aromatic heterocycles. The summed E-state index contributed by atoms with van der Waals surface area (Å²) in [5.41, 5.74) is 6.84. The lowest BCUT2D eigenvalue weighted by molar-refractivity contribution is -0.112. The molecule has 4 rings (SSSR count). The largest absolute Gasteiger partial charge is 0.505 e. The van der Waals surface area contributed by atoms with Gasteiger partial charge in [-0.05, 0) is 66.8 Å². The van der Waals surface area contributed by atoms with E-state index in [1.54, 1.807) is 31.2 Å². The number of amides is 1. The number of hydrazone groups is 2. The molecule has 0 aliphatic carbocycles. The van der Waals surface area contributed by atoms with Crippen LogP contribution in [0, 0.1) is 0 Å². The van der Waals surface area contributed by atoms with Gasteiger partial charge in [0.1, 0.15) is 5.75 Å². The summed E-state index contributed by atoms with van der Waals surface area (Å²) in [6.45, 7) is 1.63. The number of hydrogen-bond donors (Lipinski definition) is 3. The Hall–Kier alpha value is -3.44. The van der Waals surface area contributed by atoms with Gasteiger partial charge >= 0.3 is 11.9 Å². The van der Waals surface area contributed by atoms with Gasteiger partial charge in [-0.1, -0.05) is 64.5 Å². The lowest BCUT2D eigenvalue weighted by Crippen LogP contribution is -2.28. The molecule has 0 bridgehead atoms. The smallest absolute Gasteiger partial charge is 0.335 e. The molecule has 0 saturated carbocycles. The van der Waals surface area contributed by atoms with Crippen LogP contribution in [-0.4, -0.2) is 33.5 Å². The van der Waals surface area contributed by atoms with Gasteiger partial charge in [-0.25, -0.2) is 4.79 Å². The molecule has 3 N–H and O–H groups in total. The van der Waals surface area contributed by atoms with E-state index in [0.29, 0.717) is 35.0 Å². The van der Waals surface area contributed by atoms with Crippen molar-refractivity contribution in [2.45, 2.75) is 24.2 Å². The van der Waals surface area contributed by atoms with Crippen molar-refractivity contribution in [3.63, 3.8) is 0 Å². The number of aromatic carboxylic acids is 1. The first-order valence-electron chi connectivity index (χ1n) is 11.0. The van der Waals surface area contributed by atoms with Gasteiger partial charge in [0, 0.05) is 9.45 Å². The molecule has 10 heteroatoms. The summed E-state index contributed by atoms with van der Waals surface area (Å²) in [7, 11) is 0. The number of halogens is 2. The highest BCUT2D eigenvalue weighted by Crippen LogP contribution is 2.31. The molecule has 3 aromatic rings. The Morgan fingerprint density at radius 3 is 2.58 bits per heavy atom. The molecule has 1 aliphatic heterocycles. The maximum atomic E-state index is 12.9. The fourth-order valence-electron chi connectivity index (χ4n) is 3.84. The number of hydrogen-bond acceptors (Lipinski definition) is 6. The molecule has 8 nitrogen and oxygen atoms in total. The van der Waals surface area contributed by atoms with Crippen molar-refractivity contribution in [1.82, 2.24) is 0 Å². The third-order valence-corrected chi connectivity index (χ3v) is 6.91. The zero-order valence-corrected chi connectivity index (χ0v) is 22.1. The predicted octanol–water partition coefficient (Wildman–Crippen LogP) is 5.65. The predicted molar refractivity (Wildman–Crippen MR) is 150 cm³/mol. The lowest BCUT2D eigenvalue weighted by Gasteiger charge is -2.13. The van der Waals surface area contributed by atoms with Crippen molar-refractivity contribution in [3.8, 4) is 5.75 Å². The molecule has 1 aliphatic rings. The van der Waals surface area contributed by atoms with E-state index < -0.39 is 11.9 Å². The summed E-state index contributed by atoms with van der Waals surface area (Å²) in [6, 6.07) is 17.1. The first-order valence-corrected chi connectivity index (χ1v) is 12.9. The second kappa shape index (κ2) is 11.1. The van der Waals surface area contributed by atoms with E-state index in [9.17, 15) is 19.8 Å². The van der Waals surface area contributed by atoms with E-state index in [1.165, 1.54) is 12.1 Å². The number of phenols is 1. The highest BCUT2D eigenvalue weighted by Gasteiger charge is 2.31. The Labute approximate surface area is 226 Å². The molecule has 184 valence electrons. The molecule has 0 spiro atoms. The van der Waals surface area contributed by atoms with Crippen LogP contribution in [-0.2, 0) is 22.1 Å². The minimum absolute atomic E-state index is 0.0379. The van der Waals surface area contributed by atoms with Gasteiger partial charge in [0.05, 0.1) is 22.6 Å². The highest BCUT2D eigenvalue weighted by atomic mass is 127. The molecule has 0 unspecified atom stereocenters. The first-order chi connectivity index (χ1) is 17.3. The lowest BCUT2D eigenvalue weighted by atomic mass is 9.99. The van der Waals surface area contributed by atoms with Crippen LogP contribution in [0.4, 0.5) is 11.4 Å². The highest BCUT2D eigenvalue weighted by molar-refractivity contribution is 14.1. The van der Waals surface area contributed by atoms with Gasteiger partial charge in [-0.3, -0.25) is 10.2 Å². The van der Waals surface area contributed by atoms with Crippen molar-refractivity contribution in [2.75, 3.05) is 10.4 Å². The van der Waals surface area contributed by atoms with Crippen LogP contribution < -0.4 is 10.4 Å². The molecule has 1 amide bonds. The van der Waals surface area contributed by atoms with Crippen LogP contribution in [0.25, 0.3) is 0 Å². The van der Waals surface area contributed by atoms with E-state index in [0.717, 1.165) is 26.1 Å². The summed E-state index contributed by atoms with van der Waals surface area (Å²) < 4.78 is 0.839. The third kappa shape index (κ3) is 5.36. The number of carbonyl (C=O) groups is 2. The van der Waals surface area contributed by atoms with Crippen LogP contribution >= 0.6 is 34.2 Å².